The first kappa shape index (κ1) is 45.2. The van der Waals surface area contributed by atoms with Crippen molar-refractivity contribution < 1.29 is 4.79 Å². The molecule has 0 aliphatic carbocycles. The molecule has 1 unspecified atom stereocenters. The molecule has 6 aromatic carbocycles. The van der Waals surface area contributed by atoms with Crippen molar-refractivity contribution in [2.24, 2.45) is 5.73 Å². The number of carbonyl (C=O) groups is 1. The molecule has 2 fully saturated rings. The molecule has 10 rings (SSSR count). The Morgan fingerprint density at radius 1 is 0.569 bits per heavy atom. The number of likely N-dealkylation sites (tertiary alicyclic amines) is 2. The summed E-state index contributed by atoms with van der Waals surface area (Å²) in [5.41, 5.74) is 16.7. The average Bonchev–Trinajstić information content (AvgIpc) is 3.36. The molecule has 2 aliphatic heterocycles. The molecule has 0 amide bonds. The first-order chi connectivity index (χ1) is 31.9. The van der Waals surface area contributed by atoms with Gasteiger partial charge in [0.2, 0.25) is 0 Å². The summed E-state index contributed by atoms with van der Waals surface area (Å²) in [4.78, 5) is 26.5. The van der Waals surface area contributed by atoms with Gasteiger partial charge in [0.25, 0.3) is 0 Å². The number of benzene rings is 6. The standard InChI is InChI=1S/C29H31N3.C17H13NO.C12H18N2/c1-22(30-25-16-18-32(19-17-25)21-23-10-4-2-5-11-23)27-20-29(24-12-6-3-7-13-24)31-28-15-9-8-14-26(27)28;1-12(19)15-11-17(13-7-3-2-4-8-13)18-16-10-6-5-9-14(15)16;13-12-6-8-14(9-7-12)10-11-4-2-1-3-5-11/h2-15,20,22,25,30H,16-19,21H2,1H3;2-11H,1H3;1-5,12H,6-10,13H2. The Kier molecular flexibility index (Phi) is 15.7. The molecular weight excluding hydrogens is 797 g/mol. The molecule has 8 aromatic rings. The van der Waals surface area contributed by atoms with Gasteiger partial charge in [0.15, 0.2) is 5.78 Å². The van der Waals surface area contributed by atoms with Gasteiger partial charge in [-0.05, 0) is 107 Å². The van der Waals surface area contributed by atoms with Crippen LogP contribution in [0.5, 0.6) is 0 Å². The molecule has 7 heteroatoms. The SMILES string of the molecule is CC(=O)c1cc(-c2ccccc2)nc2ccccc12.CC(NC1CCN(Cc2ccccc2)CC1)c1cc(-c2ccccc2)nc2ccccc12.NC1CCN(Cc2ccccc2)CC1. The van der Waals surface area contributed by atoms with E-state index in [-0.39, 0.29) is 11.8 Å². The van der Waals surface area contributed by atoms with Gasteiger partial charge in [-0.15, -0.1) is 0 Å². The van der Waals surface area contributed by atoms with E-state index in [1.807, 2.05) is 60.7 Å². The highest BCUT2D eigenvalue weighted by molar-refractivity contribution is 6.07. The van der Waals surface area contributed by atoms with Crippen LogP contribution in [-0.4, -0.2) is 63.8 Å². The Morgan fingerprint density at radius 2 is 0.985 bits per heavy atom. The molecular formula is C58H62N6O. The summed E-state index contributed by atoms with van der Waals surface area (Å²) in [5, 5.41) is 6.09. The zero-order chi connectivity index (χ0) is 44.8. The number of fused-ring (bicyclic) bond motifs is 2. The van der Waals surface area contributed by atoms with Crippen LogP contribution in [0.2, 0.25) is 0 Å². The Balaban J connectivity index is 0.000000147. The second kappa shape index (κ2) is 22.5. The summed E-state index contributed by atoms with van der Waals surface area (Å²) in [7, 11) is 0. The number of piperidine rings is 2. The Labute approximate surface area is 385 Å². The van der Waals surface area contributed by atoms with Crippen molar-refractivity contribution in [1.82, 2.24) is 25.1 Å². The van der Waals surface area contributed by atoms with Crippen molar-refractivity contribution in [1.29, 1.82) is 0 Å². The fourth-order valence-electron chi connectivity index (χ4n) is 9.04. The van der Waals surface area contributed by atoms with Gasteiger partial charge in [-0.3, -0.25) is 14.6 Å². The molecule has 65 heavy (non-hydrogen) atoms. The van der Waals surface area contributed by atoms with Gasteiger partial charge in [0.1, 0.15) is 0 Å². The van der Waals surface area contributed by atoms with Crippen LogP contribution in [0, 0.1) is 0 Å². The topological polar surface area (TPSA) is 87.4 Å². The summed E-state index contributed by atoms with van der Waals surface area (Å²) in [5.74, 6) is 0.0655. The highest BCUT2D eigenvalue weighted by atomic mass is 16.1. The molecule has 2 aromatic heterocycles. The van der Waals surface area contributed by atoms with E-state index in [9.17, 15) is 4.79 Å². The van der Waals surface area contributed by atoms with Crippen LogP contribution in [0.3, 0.4) is 0 Å². The molecule has 330 valence electrons. The lowest BCUT2D eigenvalue weighted by atomic mass is 9.97. The molecule has 2 saturated heterocycles. The lowest BCUT2D eigenvalue weighted by Crippen LogP contribution is -2.43. The normalized spacial score (nSPS) is 15.4. The fraction of sp³-hybridized carbons (Fsp3) is 0.259. The average molecular weight is 859 g/mol. The summed E-state index contributed by atoms with van der Waals surface area (Å²) in [6.07, 6.45) is 4.66. The van der Waals surface area contributed by atoms with Crippen molar-refractivity contribution in [2.75, 3.05) is 26.2 Å². The number of nitrogens with two attached hydrogens (primary N) is 1. The first-order valence-electron chi connectivity index (χ1n) is 23.3. The van der Waals surface area contributed by atoms with Crippen molar-refractivity contribution >= 4 is 27.6 Å². The van der Waals surface area contributed by atoms with E-state index in [0.717, 1.165) is 91.0 Å². The van der Waals surface area contributed by atoms with Crippen LogP contribution in [0.15, 0.2) is 182 Å². The Hall–Kier alpha value is -6.35. The Morgan fingerprint density at radius 3 is 1.49 bits per heavy atom. The number of hydrogen-bond acceptors (Lipinski definition) is 7. The number of Topliss-reactive ketones (excluding diaryl/α,β-unsaturated/α-hetero) is 1. The smallest absolute Gasteiger partial charge is 0.160 e. The minimum Gasteiger partial charge on any atom is -0.328 e. The summed E-state index contributed by atoms with van der Waals surface area (Å²) in [6, 6.07) is 63.5. The third kappa shape index (κ3) is 12.5. The maximum Gasteiger partial charge on any atom is 0.160 e. The van der Waals surface area contributed by atoms with Crippen molar-refractivity contribution in [3.63, 3.8) is 0 Å². The molecule has 4 heterocycles. The third-order valence-electron chi connectivity index (χ3n) is 12.7. The number of aromatic nitrogens is 2. The predicted octanol–water partition coefficient (Wildman–Crippen LogP) is 11.9. The van der Waals surface area contributed by atoms with Gasteiger partial charge in [0, 0.05) is 58.7 Å². The van der Waals surface area contributed by atoms with Crippen molar-refractivity contribution in [2.45, 2.75) is 70.7 Å². The monoisotopic (exact) mass is 858 g/mol. The molecule has 0 radical (unpaired) electrons. The maximum atomic E-state index is 11.8. The van der Waals surface area contributed by atoms with Crippen molar-refractivity contribution in [3.8, 4) is 22.5 Å². The van der Waals surface area contributed by atoms with Gasteiger partial charge in [-0.25, -0.2) is 9.97 Å². The van der Waals surface area contributed by atoms with E-state index in [2.05, 4.69) is 148 Å². The third-order valence-corrected chi connectivity index (χ3v) is 12.7. The van der Waals surface area contributed by atoms with Gasteiger partial charge in [-0.1, -0.05) is 158 Å². The lowest BCUT2D eigenvalue weighted by Gasteiger charge is -2.34. The second-order valence-electron chi connectivity index (χ2n) is 17.5. The largest absolute Gasteiger partial charge is 0.328 e. The van der Waals surface area contributed by atoms with E-state index < -0.39 is 0 Å². The van der Waals surface area contributed by atoms with Crippen LogP contribution < -0.4 is 11.1 Å². The van der Waals surface area contributed by atoms with Crippen molar-refractivity contribution in [3.05, 3.63) is 204 Å². The number of rotatable bonds is 10. The minimum atomic E-state index is 0.0655. The van der Waals surface area contributed by atoms with Crippen LogP contribution in [0.1, 0.15) is 72.6 Å². The zero-order valence-electron chi connectivity index (χ0n) is 37.9. The molecule has 3 N–H and O–H groups in total. The van der Waals surface area contributed by atoms with Gasteiger partial charge >= 0.3 is 0 Å². The number of nitrogens with zero attached hydrogens (tertiary/aromatic N) is 4. The van der Waals surface area contributed by atoms with E-state index in [4.69, 9.17) is 10.7 Å². The van der Waals surface area contributed by atoms with Crippen LogP contribution >= 0.6 is 0 Å². The van der Waals surface area contributed by atoms with E-state index in [0.29, 0.717) is 12.1 Å². The molecule has 1 atom stereocenters. The number of nitrogens with one attached hydrogen (secondary N) is 1. The maximum absolute atomic E-state index is 11.8. The highest BCUT2D eigenvalue weighted by Crippen LogP contribution is 2.30. The molecule has 7 nitrogen and oxygen atoms in total. The number of carbonyl (C=O) groups excluding carboxylic acids is 1. The van der Waals surface area contributed by atoms with Crippen LogP contribution in [0.4, 0.5) is 0 Å². The predicted molar refractivity (Wildman–Crippen MR) is 270 cm³/mol. The fourth-order valence-corrected chi connectivity index (χ4v) is 9.04. The molecule has 2 aliphatic rings. The summed E-state index contributed by atoms with van der Waals surface area (Å²) >= 11 is 0. The van der Waals surface area contributed by atoms with E-state index in [1.54, 1.807) is 6.92 Å². The number of hydrogen-bond donors (Lipinski definition) is 2. The number of para-hydroxylation sites is 2. The van der Waals surface area contributed by atoms with E-state index >= 15 is 0 Å². The van der Waals surface area contributed by atoms with Crippen LogP contribution in [0.25, 0.3) is 44.3 Å². The summed E-state index contributed by atoms with van der Waals surface area (Å²) < 4.78 is 0. The van der Waals surface area contributed by atoms with Gasteiger partial charge < -0.3 is 11.1 Å². The summed E-state index contributed by atoms with van der Waals surface area (Å²) in [6.45, 7) is 10.6. The van der Waals surface area contributed by atoms with E-state index in [1.165, 1.54) is 40.5 Å². The molecule has 0 bridgehead atoms. The number of pyridine rings is 2. The minimum absolute atomic E-state index is 0.0655. The highest BCUT2D eigenvalue weighted by Gasteiger charge is 2.22. The zero-order valence-corrected chi connectivity index (χ0v) is 37.9. The Bertz CT molecular complexity index is 2710. The van der Waals surface area contributed by atoms with Gasteiger partial charge in [-0.2, -0.15) is 0 Å². The number of ketones is 1. The first-order valence-corrected chi connectivity index (χ1v) is 23.3. The molecule has 0 spiro atoms. The molecule has 0 saturated carbocycles. The quantitative estimate of drug-likeness (QED) is 0.132. The second-order valence-corrected chi connectivity index (χ2v) is 17.5. The van der Waals surface area contributed by atoms with Crippen LogP contribution in [-0.2, 0) is 13.1 Å². The van der Waals surface area contributed by atoms with Gasteiger partial charge in [0.05, 0.1) is 22.4 Å². The lowest BCUT2D eigenvalue weighted by molar-refractivity contribution is 0.101.